The largest absolute Gasteiger partial charge is 0.501 e. The summed E-state index contributed by atoms with van der Waals surface area (Å²) >= 11 is 0. The molecule has 0 fully saturated rings. The van der Waals surface area contributed by atoms with Crippen molar-refractivity contribution < 1.29 is 19.5 Å². The molecule has 0 aliphatic heterocycles. The van der Waals surface area contributed by atoms with Crippen molar-refractivity contribution in [2.45, 2.75) is 32.6 Å². The van der Waals surface area contributed by atoms with E-state index in [9.17, 15) is 24.3 Å². The van der Waals surface area contributed by atoms with Crippen LogP contribution in [0.5, 0.6) is 5.75 Å². The van der Waals surface area contributed by atoms with Crippen LogP contribution in [0.15, 0.2) is 29.1 Å². The molecule has 2 aromatic rings. The minimum atomic E-state index is -1.03. The highest BCUT2D eigenvalue weighted by Crippen LogP contribution is 2.22. The van der Waals surface area contributed by atoms with Crippen LogP contribution in [0.25, 0.3) is 0 Å². The summed E-state index contributed by atoms with van der Waals surface area (Å²) in [4.78, 5) is 52.7. The van der Waals surface area contributed by atoms with Gasteiger partial charge in [-0.25, -0.2) is 4.98 Å². The number of aromatic amines is 1. The molecule has 1 heterocycles. The van der Waals surface area contributed by atoms with Gasteiger partial charge >= 0.3 is 0 Å². The standard InChI is InChI=1S/C18H20N4O5/c1-18(2,3)10-6-4-9(5-7-10)15(26)21-17-20-13(11(23)8-12(19)24)14(25)16(27)22-17/h4-7,25H,8H2,1-3H3,(H2,19,24)(H2,20,21,22,26,27). The highest BCUT2D eigenvalue weighted by atomic mass is 16.3. The number of aromatic nitrogens is 2. The lowest BCUT2D eigenvalue weighted by Gasteiger charge is -2.19. The van der Waals surface area contributed by atoms with Gasteiger partial charge in [0.25, 0.3) is 11.5 Å². The van der Waals surface area contributed by atoms with Crippen LogP contribution in [0, 0.1) is 0 Å². The summed E-state index contributed by atoms with van der Waals surface area (Å²) in [6.07, 6.45) is -0.730. The predicted octanol–water partition coefficient (Wildman–Crippen LogP) is 1.08. The topological polar surface area (TPSA) is 155 Å². The van der Waals surface area contributed by atoms with Crippen molar-refractivity contribution in [3.63, 3.8) is 0 Å². The molecule has 2 rings (SSSR count). The highest BCUT2D eigenvalue weighted by molar-refractivity contribution is 6.08. The Labute approximate surface area is 154 Å². The van der Waals surface area contributed by atoms with Crippen LogP contribution in [0.3, 0.4) is 0 Å². The molecule has 9 nitrogen and oxygen atoms in total. The fourth-order valence-corrected chi connectivity index (χ4v) is 2.26. The summed E-state index contributed by atoms with van der Waals surface area (Å²) < 4.78 is 0. The third kappa shape index (κ3) is 4.78. The van der Waals surface area contributed by atoms with Gasteiger partial charge in [0.2, 0.25) is 17.6 Å². The number of nitrogens with two attached hydrogens (primary N) is 1. The van der Waals surface area contributed by atoms with Crippen molar-refractivity contribution in [3.8, 4) is 5.75 Å². The van der Waals surface area contributed by atoms with Gasteiger partial charge in [0.05, 0.1) is 6.42 Å². The number of nitrogens with zero attached hydrogens (tertiary/aromatic N) is 1. The van der Waals surface area contributed by atoms with E-state index in [1.54, 1.807) is 12.1 Å². The lowest BCUT2D eigenvalue weighted by atomic mass is 9.87. The molecule has 2 amide bonds. The first-order valence-electron chi connectivity index (χ1n) is 8.05. The van der Waals surface area contributed by atoms with Gasteiger partial charge in [0, 0.05) is 5.56 Å². The predicted molar refractivity (Wildman–Crippen MR) is 97.8 cm³/mol. The number of carbonyl (C=O) groups excluding carboxylic acids is 3. The Morgan fingerprint density at radius 2 is 1.78 bits per heavy atom. The molecule has 0 aliphatic rings. The number of hydrogen-bond donors (Lipinski definition) is 4. The maximum atomic E-state index is 12.3. The fourth-order valence-electron chi connectivity index (χ4n) is 2.26. The minimum absolute atomic E-state index is 0.0750. The Kier molecular flexibility index (Phi) is 5.44. The Morgan fingerprint density at radius 3 is 2.30 bits per heavy atom. The molecule has 0 aliphatic carbocycles. The van der Waals surface area contributed by atoms with E-state index < -0.39 is 41.0 Å². The molecule has 0 bridgehead atoms. The van der Waals surface area contributed by atoms with Gasteiger partial charge in [-0.15, -0.1) is 0 Å². The normalized spacial score (nSPS) is 11.1. The number of ketones is 1. The number of primary amides is 1. The first-order chi connectivity index (χ1) is 12.5. The SMILES string of the molecule is CC(C)(C)c1ccc(C(=O)Nc2nc(C(=O)CC(N)=O)c(O)c(=O)[nH]2)cc1. The van der Waals surface area contributed by atoms with Crippen LogP contribution in [-0.4, -0.2) is 32.7 Å². The second-order valence-corrected chi connectivity index (χ2v) is 6.96. The smallest absolute Gasteiger partial charge is 0.295 e. The van der Waals surface area contributed by atoms with E-state index >= 15 is 0 Å². The number of rotatable bonds is 5. The Hall–Kier alpha value is -3.49. The molecule has 1 aromatic carbocycles. The van der Waals surface area contributed by atoms with Crippen LogP contribution < -0.4 is 16.6 Å². The molecular formula is C18H20N4O5. The molecule has 0 saturated carbocycles. The average molecular weight is 372 g/mol. The molecule has 0 spiro atoms. The molecule has 142 valence electrons. The van der Waals surface area contributed by atoms with E-state index in [1.807, 2.05) is 32.9 Å². The zero-order chi connectivity index (χ0) is 20.4. The first-order valence-corrected chi connectivity index (χ1v) is 8.05. The second kappa shape index (κ2) is 7.40. The third-order valence-electron chi connectivity index (χ3n) is 3.74. The maximum absolute atomic E-state index is 12.3. The summed E-state index contributed by atoms with van der Waals surface area (Å²) in [5.41, 5.74) is 4.53. The van der Waals surface area contributed by atoms with E-state index in [1.165, 1.54) is 0 Å². The fraction of sp³-hybridized carbons (Fsp3) is 0.278. The van der Waals surface area contributed by atoms with Crippen LogP contribution >= 0.6 is 0 Å². The zero-order valence-electron chi connectivity index (χ0n) is 15.1. The Balaban J connectivity index is 2.27. The van der Waals surface area contributed by atoms with Crippen LogP contribution in [0.2, 0.25) is 0 Å². The van der Waals surface area contributed by atoms with Gasteiger partial charge in [0.1, 0.15) is 0 Å². The van der Waals surface area contributed by atoms with Gasteiger partial charge < -0.3 is 10.8 Å². The van der Waals surface area contributed by atoms with Gasteiger partial charge in [0.15, 0.2) is 11.5 Å². The number of benzene rings is 1. The Bertz CT molecular complexity index is 955. The van der Waals surface area contributed by atoms with Gasteiger partial charge in [-0.2, -0.15) is 0 Å². The number of aromatic hydroxyl groups is 1. The van der Waals surface area contributed by atoms with Crippen LogP contribution in [0.1, 0.15) is 53.6 Å². The summed E-state index contributed by atoms with van der Waals surface area (Å²) in [6, 6.07) is 6.86. The molecule has 27 heavy (non-hydrogen) atoms. The summed E-state index contributed by atoms with van der Waals surface area (Å²) in [7, 11) is 0. The van der Waals surface area contributed by atoms with E-state index in [0.717, 1.165) is 5.56 Å². The van der Waals surface area contributed by atoms with Crippen molar-refractivity contribution in [3.05, 3.63) is 51.4 Å². The molecule has 0 radical (unpaired) electrons. The maximum Gasteiger partial charge on any atom is 0.295 e. The molecular weight excluding hydrogens is 352 g/mol. The van der Waals surface area contributed by atoms with Crippen LogP contribution in [0.4, 0.5) is 5.95 Å². The van der Waals surface area contributed by atoms with E-state index in [2.05, 4.69) is 15.3 Å². The molecule has 0 saturated heterocycles. The van der Waals surface area contributed by atoms with Crippen molar-refractivity contribution in [2.24, 2.45) is 5.73 Å². The summed E-state index contributed by atoms with van der Waals surface area (Å²) in [5, 5.41) is 12.0. The van der Waals surface area contributed by atoms with Gasteiger partial charge in [-0.05, 0) is 23.1 Å². The van der Waals surface area contributed by atoms with E-state index in [-0.39, 0.29) is 11.4 Å². The van der Waals surface area contributed by atoms with E-state index in [4.69, 9.17) is 5.73 Å². The summed E-state index contributed by atoms with van der Waals surface area (Å²) in [5.74, 6) is -3.73. The minimum Gasteiger partial charge on any atom is -0.501 e. The molecule has 5 N–H and O–H groups in total. The lowest BCUT2D eigenvalue weighted by molar-refractivity contribution is -0.117. The van der Waals surface area contributed by atoms with Crippen molar-refractivity contribution >= 4 is 23.5 Å². The third-order valence-corrected chi connectivity index (χ3v) is 3.74. The van der Waals surface area contributed by atoms with Crippen molar-refractivity contribution in [1.29, 1.82) is 0 Å². The van der Waals surface area contributed by atoms with Crippen molar-refractivity contribution in [1.82, 2.24) is 9.97 Å². The number of nitrogens with one attached hydrogen (secondary N) is 2. The van der Waals surface area contributed by atoms with Crippen LogP contribution in [-0.2, 0) is 10.2 Å². The molecule has 9 heteroatoms. The number of H-pyrrole nitrogens is 1. The molecule has 0 unspecified atom stereocenters. The average Bonchev–Trinajstić information content (AvgIpc) is 2.56. The number of Topliss-reactive ketones (excluding diaryl/α,β-unsaturated/α-hetero) is 1. The number of anilines is 1. The number of hydrogen-bond acceptors (Lipinski definition) is 6. The summed E-state index contributed by atoms with van der Waals surface area (Å²) in [6.45, 7) is 6.12. The van der Waals surface area contributed by atoms with Gasteiger partial charge in [-0.1, -0.05) is 32.9 Å². The zero-order valence-corrected chi connectivity index (χ0v) is 15.1. The lowest BCUT2D eigenvalue weighted by Crippen LogP contribution is -2.23. The monoisotopic (exact) mass is 372 g/mol. The molecule has 1 aromatic heterocycles. The number of carbonyl (C=O) groups is 3. The molecule has 0 atom stereocenters. The van der Waals surface area contributed by atoms with Crippen molar-refractivity contribution in [2.75, 3.05) is 5.32 Å². The number of amides is 2. The Morgan fingerprint density at radius 1 is 1.19 bits per heavy atom. The quantitative estimate of drug-likeness (QED) is 0.455. The van der Waals surface area contributed by atoms with E-state index in [0.29, 0.717) is 5.56 Å². The highest BCUT2D eigenvalue weighted by Gasteiger charge is 2.21. The first kappa shape index (κ1) is 19.8. The van der Waals surface area contributed by atoms with Gasteiger partial charge in [-0.3, -0.25) is 29.5 Å². The second-order valence-electron chi connectivity index (χ2n) is 6.96.